The first-order valence-corrected chi connectivity index (χ1v) is 19.0. The standard InChI is InChI=1S/C46H26N4OS2/c1-2-11-28(12-3-1)43-48-44(50-45(49-43)34-17-8-15-32-31-13-4-6-19-36(31)51-42(32)34)33-16-10-22-39-41(33)40-30(14-9-21-38(40)52-39)27-23-25-29(26-24-27)46-47-35-18-5-7-20-37(35)53-46/h1-26H. The molecule has 0 N–H and O–H groups in total. The van der Waals surface area contributed by atoms with Gasteiger partial charge < -0.3 is 4.42 Å². The van der Waals surface area contributed by atoms with Gasteiger partial charge in [0.05, 0.1) is 15.8 Å². The minimum absolute atomic E-state index is 0.570. The fraction of sp³-hybridized carbons (Fsp3) is 0. The van der Waals surface area contributed by atoms with Crippen molar-refractivity contribution in [2.75, 3.05) is 0 Å². The van der Waals surface area contributed by atoms with E-state index in [0.29, 0.717) is 17.5 Å². The topological polar surface area (TPSA) is 64.7 Å². The van der Waals surface area contributed by atoms with Crippen molar-refractivity contribution >= 4 is 75.0 Å². The number of thiophene rings is 1. The summed E-state index contributed by atoms with van der Waals surface area (Å²) in [6.07, 6.45) is 0. The number of hydrogen-bond acceptors (Lipinski definition) is 7. The van der Waals surface area contributed by atoms with Crippen molar-refractivity contribution in [1.82, 2.24) is 19.9 Å². The molecule has 0 aliphatic heterocycles. The molecular formula is C46H26N4OS2. The molecule has 0 aliphatic carbocycles. The summed E-state index contributed by atoms with van der Waals surface area (Å²) >= 11 is 3.52. The number of furan rings is 1. The molecule has 53 heavy (non-hydrogen) atoms. The predicted octanol–water partition coefficient (Wildman–Crippen LogP) is 13.1. The molecule has 0 amide bonds. The molecule has 0 unspecified atom stereocenters. The smallest absolute Gasteiger partial charge is 0.167 e. The lowest BCUT2D eigenvalue weighted by atomic mass is 9.96. The van der Waals surface area contributed by atoms with Crippen LogP contribution in [0.2, 0.25) is 0 Å². The van der Waals surface area contributed by atoms with E-state index in [4.69, 9.17) is 24.4 Å². The molecule has 4 aromatic heterocycles. The number of para-hydroxylation sites is 3. The van der Waals surface area contributed by atoms with E-state index in [1.54, 1.807) is 22.7 Å². The Balaban J connectivity index is 1.11. The zero-order valence-corrected chi connectivity index (χ0v) is 29.7. The molecule has 11 aromatic rings. The van der Waals surface area contributed by atoms with Crippen LogP contribution in [0.25, 0.3) is 108 Å². The Bertz CT molecular complexity index is 3150. The maximum Gasteiger partial charge on any atom is 0.167 e. The SMILES string of the molecule is c1ccc(-c2nc(-c3cccc4c3oc3ccccc34)nc(-c3cccc4sc5cccc(-c6ccc(-c7nc8ccccc8s7)cc6)c5c34)n2)cc1. The molecule has 11 rings (SSSR count). The van der Waals surface area contributed by atoms with Crippen LogP contribution in [-0.2, 0) is 0 Å². The van der Waals surface area contributed by atoms with Crippen molar-refractivity contribution in [2.45, 2.75) is 0 Å². The molecule has 7 aromatic carbocycles. The molecule has 0 saturated carbocycles. The fourth-order valence-corrected chi connectivity index (χ4v) is 9.47. The van der Waals surface area contributed by atoms with Gasteiger partial charge in [-0.15, -0.1) is 22.7 Å². The Hall–Kier alpha value is -6.54. The third kappa shape index (κ3) is 4.97. The average molecular weight is 715 g/mol. The summed E-state index contributed by atoms with van der Waals surface area (Å²) in [4.78, 5) is 20.4. The second kappa shape index (κ2) is 12.0. The number of fused-ring (bicyclic) bond motifs is 7. The lowest BCUT2D eigenvalue weighted by Gasteiger charge is -2.11. The van der Waals surface area contributed by atoms with E-state index in [1.165, 1.54) is 25.0 Å². The summed E-state index contributed by atoms with van der Waals surface area (Å²) in [5.41, 5.74) is 8.78. The third-order valence-corrected chi connectivity index (χ3v) is 12.0. The minimum atomic E-state index is 0.570. The van der Waals surface area contributed by atoms with Gasteiger partial charge in [0, 0.05) is 47.6 Å². The number of aromatic nitrogens is 4. The van der Waals surface area contributed by atoms with Gasteiger partial charge in [0.15, 0.2) is 17.5 Å². The first-order chi connectivity index (χ1) is 26.2. The van der Waals surface area contributed by atoms with Crippen LogP contribution in [-0.4, -0.2) is 19.9 Å². The van der Waals surface area contributed by atoms with Crippen LogP contribution in [0.1, 0.15) is 0 Å². The van der Waals surface area contributed by atoms with Crippen molar-refractivity contribution in [3.05, 3.63) is 158 Å². The summed E-state index contributed by atoms with van der Waals surface area (Å²) in [6, 6.07) is 54.5. The van der Waals surface area contributed by atoms with Crippen molar-refractivity contribution in [1.29, 1.82) is 0 Å². The normalized spacial score (nSPS) is 11.8. The highest BCUT2D eigenvalue weighted by atomic mass is 32.1. The summed E-state index contributed by atoms with van der Waals surface area (Å²) in [5, 5.41) is 5.45. The van der Waals surface area contributed by atoms with Gasteiger partial charge >= 0.3 is 0 Å². The van der Waals surface area contributed by atoms with Crippen molar-refractivity contribution < 1.29 is 4.42 Å². The minimum Gasteiger partial charge on any atom is -0.455 e. The first-order valence-electron chi connectivity index (χ1n) is 17.4. The van der Waals surface area contributed by atoms with Gasteiger partial charge in [-0.25, -0.2) is 19.9 Å². The molecule has 248 valence electrons. The van der Waals surface area contributed by atoms with Crippen LogP contribution in [0.4, 0.5) is 0 Å². The summed E-state index contributed by atoms with van der Waals surface area (Å²) in [5.74, 6) is 1.80. The Morgan fingerprint density at radius 2 is 0.981 bits per heavy atom. The second-order valence-corrected chi connectivity index (χ2v) is 15.1. The van der Waals surface area contributed by atoms with Crippen LogP contribution in [0.15, 0.2) is 162 Å². The molecule has 0 aliphatic rings. The maximum absolute atomic E-state index is 6.46. The Kier molecular flexibility index (Phi) is 6.83. The van der Waals surface area contributed by atoms with Gasteiger partial charge in [-0.2, -0.15) is 0 Å². The highest BCUT2D eigenvalue weighted by Crippen LogP contribution is 2.45. The molecule has 0 radical (unpaired) electrons. The van der Waals surface area contributed by atoms with Crippen molar-refractivity contribution in [2.24, 2.45) is 0 Å². The Morgan fingerprint density at radius 1 is 0.377 bits per heavy atom. The highest BCUT2D eigenvalue weighted by Gasteiger charge is 2.21. The van der Waals surface area contributed by atoms with Crippen LogP contribution in [0.3, 0.4) is 0 Å². The fourth-order valence-electron chi connectivity index (χ4n) is 7.34. The number of benzene rings is 7. The quantitative estimate of drug-likeness (QED) is 0.178. The monoisotopic (exact) mass is 714 g/mol. The van der Waals surface area contributed by atoms with Crippen LogP contribution < -0.4 is 0 Å². The largest absolute Gasteiger partial charge is 0.455 e. The zero-order chi connectivity index (χ0) is 34.9. The van der Waals surface area contributed by atoms with Gasteiger partial charge in [-0.05, 0) is 47.5 Å². The van der Waals surface area contributed by atoms with Crippen LogP contribution >= 0.6 is 22.7 Å². The molecule has 0 spiro atoms. The lowest BCUT2D eigenvalue weighted by Crippen LogP contribution is -2.00. The van der Waals surface area contributed by atoms with E-state index in [0.717, 1.165) is 65.7 Å². The van der Waals surface area contributed by atoms with Gasteiger partial charge in [-0.1, -0.05) is 121 Å². The molecule has 0 atom stereocenters. The molecule has 5 nitrogen and oxygen atoms in total. The van der Waals surface area contributed by atoms with E-state index in [2.05, 4.69) is 91.0 Å². The lowest BCUT2D eigenvalue weighted by molar-refractivity contribution is 0.669. The molecular weight excluding hydrogens is 689 g/mol. The maximum atomic E-state index is 6.46. The van der Waals surface area contributed by atoms with Crippen molar-refractivity contribution in [3.8, 4) is 55.9 Å². The van der Waals surface area contributed by atoms with E-state index in [-0.39, 0.29) is 0 Å². The number of nitrogens with zero attached hydrogens (tertiary/aromatic N) is 4. The van der Waals surface area contributed by atoms with E-state index in [9.17, 15) is 0 Å². The third-order valence-electron chi connectivity index (χ3n) is 9.81. The first kappa shape index (κ1) is 30.1. The van der Waals surface area contributed by atoms with E-state index in [1.807, 2.05) is 66.7 Å². The van der Waals surface area contributed by atoms with Gasteiger partial charge in [0.1, 0.15) is 16.2 Å². The summed E-state index contributed by atoms with van der Waals surface area (Å²) in [6.45, 7) is 0. The second-order valence-electron chi connectivity index (χ2n) is 13.0. The summed E-state index contributed by atoms with van der Waals surface area (Å²) < 4.78 is 10.0. The predicted molar refractivity (Wildman–Crippen MR) is 220 cm³/mol. The Labute approximate surface area is 311 Å². The van der Waals surface area contributed by atoms with Gasteiger partial charge in [0.25, 0.3) is 0 Å². The van der Waals surface area contributed by atoms with Crippen molar-refractivity contribution in [3.63, 3.8) is 0 Å². The van der Waals surface area contributed by atoms with Gasteiger partial charge in [0.2, 0.25) is 0 Å². The molecule has 0 fully saturated rings. The molecule has 4 heterocycles. The molecule has 0 bridgehead atoms. The van der Waals surface area contributed by atoms with Crippen LogP contribution in [0, 0.1) is 0 Å². The Morgan fingerprint density at radius 3 is 1.81 bits per heavy atom. The van der Waals surface area contributed by atoms with Crippen LogP contribution in [0.5, 0.6) is 0 Å². The number of thiazole rings is 1. The van der Waals surface area contributed by atoms with E-state index >= 15 is 0 Å². The average Bonchev–Trinajstić information content (AvgIpc) is 3.94. The molecule has 7 heteroatoms. The van der Waals surface area contributed by atoms with Gasteiger partial charge in [-0.3, -0.25) is 0 Å². The molecule has 0 saturated heterocycles. The zero-order valence-electron chi connectivity index (χ0n) is 28.0. The van der Waals surface area contributed by atoms with E-state index < -0.39 is 0 Å². The summed E-state index contributed by atoms with van der Waals surface area (Å²) in [7, 11) is 0. The number of hydrogen-bond donors (Lipinski definition) is 0. The highest BCUT2D eigenvalue weighted by molar-refractivity contribution is 7.26. The number of rotatable bonds is 5.